The van der Waals surface area contributed by atoms with Gasteiger partial charge in [-0.3, -0.25) is 4.79 Å². The summed E-state index contributed by atoms with van der Waals surface area (Å²) in [4.78, 5) is 17.2. The second-order valence-corrected chi connectivity index (χ2v) is 4.19. The molecule has 84 valence electrons. The second kappa shape index (κ2) is 4.23. The Balaban J connectivity index is 2.39. The van der Waals surface area contributed by atoms with E-state index in [9.17, 15) is 4.79 Å². The molecule has 1 aromatic rings. The van der Waals surface area contributed by atoms with Crippen LogP contribution in [-0.2, 0) is 9.53 Å². The minimum Gasteiger partial charge on any atom is -0.473 e. The van der Waals surface area contributed by atoms with Crippen LogP contribution in [0.5, 0.6) is 0 Å². The molecule has 0 saturated carbocycles. The number of halogens is 1. The lowest BCUT2D eigenvalue weighted by Crippen LogP contribution is -2.36. The summed E-state index contributed by atoms with van der Waals surface area (Å²) in [6, 6.07) is 0. The predicted octanol–water partition coefficient (Wildman–Crippen LogP) is 1.88. The van der Waals surface area contributed by atoms with Crippen molar-refractivity contribution < 1.29 is 9.53 Å². The Labute approximate surface area is 101 Å². The largest absolute Gasteiger partial charge is 0.473 e. The van der Waals surface area contributed by atoms with E-state index in [2.05, 4.69) is 15.9 Å². The monoisotopic (exact) mass is 257 g/mol. The van der Waals surface area contributed by atoms with E-state index in [1.54, 1.807) is 6.92 Å². The van der Waals surface area contributed by atoms with E-state index in [1.165, 1.54) is 17.5 Å². The van der Waals surface area contributed by atoms with Gasteiger partial charge in [0.2, 0.25) is 11.4 Å². The van der Waals surface area contributed by atoms with Gasteiger partial charge in [-0.15, -0.1) is 0 Å². The number of anilines is 1. The first kappa shape index (κ1) is 11.1. The zero-order chi connectivity index (χ0) is 11.7. The smallest absolute Gasteiger partial charge is 0.260 e. The molecule has 0 aromatic carbocycles. The van der Waals surface area contributed by atoms with Gasteiger partial charge in [-0.05, 0) is 6.92 Å². The molecule has 2 rings (SSSR count). The van der Waals surface area contributed by atoms with Gasteiger partial charge in [0.1, 0.15) is 6.33 Å². The fourth-order valence-electron chi connectivity index (χ4n) is 1.36. The normalized spacial score (nSPS) is 20.5. The van der Waals surface area contributed by atoms with Crippen LogP contribution < -0.4 is 4.90 Å². The first-order chi connectivity index (χ1) is 7.66. The number of amides is 1. The topological polar surface area (TPSA) is 55.3 Å². The fraction of sp³-hybridized carbons (Fsp3) is 0.222. The third-order valence-corrected chi connectivity index (χ3v) is 3.27. The quantitative estimate of drug-likeness (QED) is 0.776. The van der Waals surface area contributed by atoms with Crippen molar-refractivity contribution in [2.75, 3.05) is 4.90 Å². The first-order valence-electron chi connectivity index (χ1n) is 4.39. The zero-order valence-electron chi connectivity index (χ0n) is 8.38. The molecule has 2 heterocycles. The van der Waals surface area contributed by atoms with Gasteiger partial charge in [-0.2, -0.15) is 4.37 Å². The summed E-state index contributed by atoms with van der Waals surface area (Å²) >= 11 is 7.12. The SMILES string of the molecule is C=COC1C(Cl)=C(C)C(=O)N1c1ncns1. The number of hydrogen-bond acceptors (Lipinski definition) is 5. The Morgan fingerprint density at radius 2 is 2.50 bits per heavy atom. The number of carbonyl (C=O) groups is 1. The molecule has 0 saturated heterocycles. The molecule has 1 amide bonds. The van der Waals surface area contributed by atoms with Gasteiger partial charge in [0.25, 0.3) is 5.91 Å². The van der Waals surface area contributed by atoms with E-state index >= 15 is 0 Å². The van der Waals surface area contributed by atoms with Crippen molar-refractivity contribution >= 4 is 34.2 Å². The van der Waals surface area contributed by atoms with Gasteiger partial charge >= 0.3 is 0 Å². The van der Waals surface area contributed by atoms with Crippen LogP contribution in [0, 0.1) is 0 Å². The van der Waals surface area contributed by atoms with Crippen molar-refractivity contribution in [1.82, 2.24) is 9.36 Å². The zero-order valence-corrected chi connectivity index (χ0v) is 9.96. The summed E-state index contributed by atoms with van der Waals surface area (Å²) in [7, 11) is 0. The maximum atomic E-state index is 11.9. The van der Waals surface area contributed by atoms with Crippen LogP contribution in [0.4, 0.5) is 5.13 Å². The van der Waals surface area contributed by atoms with E-state index < -0.39 is 6.23 Å². The van der Waals surface area contributed by atoms with E-state index in [0.717, 1.165) is 11.5 Å². The van der Waals surface area contributed by atoms with Crippen molar-refractivity contribution in [3.05, 3.63) is 29.8 Å². The van der Waals surface area contributed by atoms with Crippen molar-refractivity contribution in [2.24, 2.45) is 0 Å². The van der Waals surface area contributed by atoms with Gasteiger partial charge < -0.3 is 4.74 Å². The Morgan fingerprint density at radius 3 is 3.06 bits per heavy atom. The van der Waals surface area contributed by atoms with Crippen molar-refractivity contribution in [2.45, 2.75) is 13.2 Å². The molecule has 7 heteroatoms. The lowest BCUT2D eigenvalue weighted by molar-refractivity contribution is -0.115. The van der Waals surface area contributed by atoms with Crippen LogP contribution in [0.25, 0.3) is 0 Å². The lowest BCUT2D eigenvalue weighted by Gasteiger charge is -2.21. The molecule has 1 aliphatic rings. The first-order valence-corrected chi connectivity index (χ1v) is 5.54. The number of hydrogen-bond donors (Lipinski definition) is 0. The maximum Gasteiger partial charge on any atom is 0.260 e. The van der Waals surface area contributed by atoms with Gasteiger partial charge in [-0.1, -0.05) is 18.2 Å². The fourth-order valence-corrected chi connectivity index (χ4v) is 2.14. The van der Waals surface area contributed by atoms with Crippen LogP contribution in [0.2, 0.25) is 0 Å². The average Bonchev–Trinajstić information content (AvgIpc) is 2.85. The highest BCUT2D eigenvalue weighted by atomic mass is 35.5. The van der Waals surface area contributed by atoms with Crippen molar-refractivity contribution in [3.8, 4) is 0 Å². The van der Waals surface area contributed by atoms with Gasteiger partial charge in [0.15, 0.2) is 0 Å². The summed E-state index contributed by atoms with van der Waals surface area (Å²) in [5.74, 6) is -0.228. The Morgan fingerprint density at radius 1 is 1.75 bits per heavy atom. The van der Waals surface area contributed by atoms with Gasteiger partial charge in [0, 0.05) is 17.1 Å². The van der Waals surface area contributed by atoms with Crippen LogP contribution in [0.15, 0.2) is 29.8 Å². The molecular weight excluding hydrogens is 250 g/mol. The van der Waals surface area contributed by atoms with Crippen LogP contribution >= 0.6 is 23.1 Å². The molecule has 0 fully saturated rings. The molecule has 1 atom stereocenters. The second-order valence-electron chi connectivity index (χ2n) is 3.03. The van der Waals surface area contributed by atoms with Gasteiger partial charge in [0.05, 0.1) is 11.3 Å². The highest BCUT2D eigenvalue weighted by Gasteiger charge is 2.40. The third kappa shape index (κ3) is 1.60. The number of nitrogens with zero attached hydrogens (tertiary/aromatic N) is 3. The number of aromatic nitrogens is 2. The highest BCUT2D eigenvalue weighted by molar-refractivity contribution is 7.09. The standard InChI is InChI=1S/C9H8ClN3O2S/c1-3-15-8-6(10)5(2)7(14)13(8)9-11-4-12-16-9/h3-4,8H,1H2,2H3. The molecule has 0 spiro atoms. The van der Waals surface area contributed by atoms with E-state index in [1.807, 2.05) is 0 Å². The minimum absolute atomic E-state index is 0.228. The number of carbonyl (C=O) groups excluding carboxylic acids is 1. The summed E-state index contributed by atoms with van der Waals surface area (Å²) in [5.41, 5.74) is 0.448. The summed E-state index contributed by atoms with van der Waals surface area (Å²) in [6.45, 7) is 5.09. The van der Waals surface area contributed by atoms with Crippen LogP contribution in [0.1, 0.15) is 6.92 Å². The number of ether oxygens (including phenoxy) is 1. The summed E-state index contributed by atoms with van der Waals surface area (Å²) in [5, 5.41) is 0.798. The molecule has 16 heavy (non-hydrogen) atoms. The Bertz CT molecular complexity index is 457. The third-order valence-electron chi connectivity index (χ3n) is 2.13. The van der Waals surface area contributed by atoms with E-state index in [4.69, 9.17) is 16.3 Å². The van der Waals surface area contributed by atoms with Crippen LogP contribution in [0.3, 0.4) is 0 Å². The Kier molecular flexibility index (Phi) is 2.93. The van der Waals surface area contributed by atoms with Crippen LogP contribution in [-0.4, -0.2) is 21.5 Å². The summed E-state index contributed by atoms with van der Waals surface area (Å²) in [6.07, 6.45) is 1.94. The molecule has 1 aromatic heterocycles. The molecular formula is C9H8ClN3O2S. The molecule has 5 nitrogen and oxygen atoms in total. The molecule has 0 aliphatic carbocycles. The molecule has 0 N–H and O–H groups in total. The highest BCUT2D eigenvalue weighted by Crippen LogP contribution is 2.34. The summed E-state index contributed by atoms with van der Waals surface area (Å²) < 4.78 is 9.05. The minimum atomic E-state index is -0.681. The number of rotatable bonds is 3. The molecule has 1 unspecified atom stereocenters. The molecule has 1 aliphatic heterocycles. The predicted molar refractivity (Wildman–Crippen MR) is 61.0 cm³/mol. The van der Waals surface area contributed by atoms with E-state index in [0.29, 0.717) is 15.7 Å². The average molecular weight is 258 g/mol. The maximum absolute atomic E-state index is 11.9. The van der Waals surface area contributed by atoms with E-state index in [-0.39, 0.29) is 5.91 Å². The van der Waals surface area contributed by atoms with Crippen molar-refractivity contribution in [3.63, 3.8) is 0 Å². The lowest BCUT2D eigenvalue weighted by atomic mass is 10.3. The van der Waals surface area contributed by atoms with Gasteiger partial charge in [-0.25, -0.2) is 9.88 Å². The molecule has 0 radical (unpaired) electrons. The van der Waals surface area contributed by atoms with Crippen molar-refractivity contribution in [1.29, 1.82) is 0 Å². The molecule has 0 bridgehead atoms. The Hall–Kier alpha value is -1.40.